The highest BCUT2D eigenvalue weighted by atomic mass is 79.9. The van der Waals surface area contributed by atoms with Crippen molar-refractivity contribution in [2.75, 3.05) is 5.73 Å². The van der Waals surface area contributed by atoms with E-state index < -0.39 is 12.0 Å². The van der Waals surface area contributed by atoms with Gasteiger partial charge in [0.05, 0.1) is 5.56 Å². The zero-order valence-electron chi connectivity index (χ0n) is 6.30. The van der Waals surface area contributed by atoms with E-state index in [9.17, 15) is 13.6 Å². The molecule has 0 aliphatic carbocycles. The molecule has 1 aromatic heterocycles. The van der Waals surface area contributed by atoms with Gasteiger partial charge in [0.15, 0.2) is 6.29 Å². The minimum atomic E-state index is -2.75. The average Bonchev–Trinajstić information content (AvgIpc) is 2.01. The summed E-state index contributed by atoms with van der Waals surface area (Å²) in [5.74, 6) is 0.0263. The zero-order valence-corrected chi connectivity index (χ0v) is 7.88. The number of hydrogen-bond acceptors (Lipinski definition) is 3. The lowest BCUT2D eigenvalue weighted by molar-refractivity contribution is 0.110. The Bertz CT molecular complexity index is 344. The van der Waals surface area contributed by atoms with E-state index in [2.05, 4.69) is 20.9 Å². The van der Waals surface area contributed by atoms with Crippen molar-refractivity contribution in [2.24, 2.45) is 0 Å². The van der Waals surface area contributed by atoms with Crippen molar-refractivity contribution in [3.63, 3.8) is 0 Å². The number of rotatable bonds is 2. The van der Waals surface area contributed by atoms with Crippen molar-refractivity contribution in [3.05, 3.63) is 21.8 Å². The van der Waals surface area contributed by atoms with Crippen LogP contribution in [0.15, 0.2) is 10.5 Å². The summed E-state index contributed by atoms with van der Waals surface area (Å²) in [6.45, 7) is 0. The molecule has 1 rings (SSSR count). The van der Waals surface area contributed by atoms with Crippen LogP contribution in [0.3, 0.4) is 0 Å². The molecule has 0 aliphatic heterocycles. The van der Waals surface area contributed by atoms with Gasteiger partial charge in [0.25, 0.3) is 6.43 Å². The molecule has 0 atom stereocenters. The van der Waals surface area contributed by atoms with Crippen LogP contribution in [0.2, 0.25) is 0 Å². The van der Waals surface area contributed by atoms with Crippen molar-refractivity contribution in [1.29, 1.82) is 0 Å². The SMILES string of the molecule is Nc1cc(Br)c(C(F)F)c(C=O)n1. The highest BCUT2D eigenvalue weighted by Crippen LogP contribution is 2.30. The van der Waals surface area contributed by atoms with E-state index in [4.69, 9.17) is 5.73 Å². The van der Waals surface area contributed by atoms with Gasteiger partial charge in [-0.25, -0.2) is 13.8 Å². The molecule has 2 N–H and O–H groups in total. The molecule has 13 heavy (non-hydrogen) atoms. The van der Waals surface area contributed by atoms with E-state index in [1.165, 1.54) is 6.07 Å². The number of nitrogens with zero attached hydrogens (tertiary/aromatic N) is 1. The maximum atomic E-state index is 12.3. The Morgan fingerprint density at radius 2 is 2.23 bits per heavy atom. The second-order valence-electron chi connectivity index (χ2n) is 2.25. The van der Waals surface area contributed by atoms with Crippen LogP contribution in [0.25, 0.3) is 0 Å². The molecule has 0 spiro atoms. The molecular formula is C7H5BrF2N2O. The van der Waals surface area contributed by atoms with Crippen molar-refractivity contribution in [1.82, 2.24) is 4.98 Å². The largest absolute Gasteiger partial charge is 0.384 e. The number of nitrogens with two attached hydrogens (primary N) is 1. The number of halogens is 3. The number of alkyl halides is 2. The first-order valence-corrected chi connectivity index (χ1v) is 4.04. The number of hydrogen-bond donors (Lipinski definition) is 1. The third-order valence-corrected chi connectivity index (χ3v) is 2.04. The molecule has 3 nitrogen and oxygen atoms in total. The normalized spacial score (nSPS) is 10.5. The van der Waals surface area contributed by atoms with E-state index in [0.717, 1.165) is 0 Å². The molecule has 0 amide bonds. The van der Waals surface area contributed by atoms with E-state index in [1.807, 2.05) is 0 Å². The molecule has 70 valence electrons. The maximum Gasteiger partial charge on any atom is 0.267 e. The number of anilines is 1. The van der Waals surface area contributed by atoms with Gasteiger partial charge in [-0.05, 0) is 6.07 Å². The molecule has 0 aliphatic rings. The summed E-state index contributed by atoms with van der Waals surface area (Å²) in [7, 11) is 0. The Kier molecular flexibility index (Phi) is 2.92. The van der Waals surface area contributed by atoms with Gasteiger partial charge in [-0.1, -0.05) is 15.9 Å². The third kappa shape index (κ3) is 2.00. The van der Waals surface area contributed by atoms with E-state index in [0.29, 0.717) is 0 Å². The molecule has 0 radical (unpaired) electrons. The lowest BCUT2D eigenvalue weighted by Gasteiger charge is -2.06. The van der Waals surface area contributed by atoms with Gasteiger partial charge in [0, 0.05) is 4.47 Å². The van der Waals surface area contributed by atoms with E-state index in [-0.39, 0.29) is 22.3 Å². The van der Waals surface area contributed by atoms with Crippen LogP contribution < -0.4 is 5.73 Å². The van der Waals surface area contributed by atoms with Crippen LogP contribution in [-0.4, -0.2) is 11.3 Å². The lowest BCUT2D eigenvalue weighted by atomic mass is 10.2. The zero-order chi connectivity index (χ0) is 10.0. The van der Waals surface area contributed by atoms with Crippen LogP contribution in [0, 0.1) is 0 Å². The second-order valence-corrected chi connectivity index (χ2v) is 3.10. The fraction of sp³-hybridized carbons (Fsp3) is 0.143. The fourth-order valence-electron chi connectivity index (χ4n) is 0.867. The summed E-state index contributed by atoms with van der Waals surface area (Å²) in [4.78, 5) is 13.8. The van der Waals surface area contributed by atoms with Gasteiger partial charge in [-0.2, -0.15) is 0 Å². The highest BCUT2D eigenvalue weighted by molar-refractivity contribution is 9.10. The lowest BCUT2D eigenvalue weighted by Crippen LogP contribution is -2.02. The van der Waals surface area contributed by atoms with Crippen LogP contribution in [0.5, 0.6) is 0 Å². The van der Waals surface area contributed by atoms with Crippen molar-refractivity contribution in [2.45, 2.75) is 6.43 Å². The van der Waals surface area contributed by atoms with Gasteiger partial charge in [-0.15, -0.1) is 0 Å². The highest BCUT2D eigenvalue weighted by Gasteiger charge is 2.18. The topological polar surface area (TPSA) is 56.0 Å². The summed E-state index contributed by atoms with van der Waals surface area (Å²) < 4.78 is 24.8. The summed E-state index contributed by atoms with van der Waals surface area (Å²) >= 11 is 2.88. The third-order valence-electron chi connectivity index (χ3n) is 1.39. The van der Waals surface area contributed by atoms with Crippen LogP contribution in [0.4, 0.5) is 14.6 Å². The molecule has 1 aromatic rings. The number of carbonyl (C=O) groups is 1. The molecule has 1 heterocycles. The van der Waals surface area contributed by atoms with Crippen LogP contribution in [0.1, 0.15) is 22.5 Å². The summed E-state index contributed by atoms with van der Waals surface area (Å²) in [5, 5.41) is 0. The second kappa shape index (κ2) is 3.78. The molecular weight excluding hydrogens is 246 g/mol. The van der Waals surface area contributed by atoms with Crippen molar-refractivity contribution >= 4 is 28.0 Å². The first kappa shape index (κ1) is 10.0. The van der Waals surface area contributed by atoms with Gasteiger partial charge in [0.1, 0.15) is 11.5 Å². The number of nitrogen functional groups attached to an aromatic ring is 1. The van der Waals surface area contributed by atoms with Gasteiger partial charge in [0.2, 0.25) is 0 Å². The molecule has 0 bridgehead atoms. The molecule has 0 aromatic carbocycles. The smallest absolute Gasteiger partial charge is 0.267 e. The van der Waals surface area contributed by atoms with Gasteiger partial charge in [-0.3, -0.25) is 4.79 Å². The van der Waals surface area contributed by atoms with Gasteiger partial charge < -0.3 is 5.73 Å². The monoisotopic (exact) mass is 250 g/mol. The Morgan fingerprint density at radius 1 is 1.62 bits per heavy atom. The molecule has 6 heteroatoms. The molecule has 0 unspecified atom stereocenters. The summed E-state index contributed by atoms with van der Waals surface area (Å²) in [5.41, 5.74) is 4.50. The van der Waals surface area contributed by atoms with E-state index >= 15 is 0 Å². The Morgan fingerprint density at radius 3 is 2.69 bits per heavy atom. The van der Waals surface area contributed by atoms with Crippen molar-refractivity contribution in [3.8, 4) is 0 Å². The predicted octanol–water partition coefficient (Wildman–Crippen LogP) is 2.18. The Balaban J connectivity index is 3.38. The molecule has 0 saturated heterocycles. The maximum absolute atomic E-state index is 12.3. The molecule has 0 fully saturated rings. The number of aldehydes is 1. The number of pyridine rings is 1. The average molecular weight is 251 g/mol. The van der Waals surface area contributed by atoms with Gasteiger partial charge >= 0.3 is 0 Å². The van der Waals surface area contributed by atoms with Crippen LogP contribution in [-0.2, 0) is 0 Å². The molecule has 0 saturated carbocycles. The quantitative estimate of drug-likeness (QED) is 0.819. The first-order chi connectivity index (χ1) is 6.06. The minimum Gasteiger partial charge on any atom is -0.384 e. The first-order valence-electron chi connectivity index (χ1n) is 3.25. The Hall–Kier alpha value is -1.04. The summed E-state index contributed by atoms with van der Waals surface area (Å²) in [6.07, 6.45) is -2.49. The summed E-state index contributed by atoms with van der Waals surface area (Å²) in [6, 6.07) is 1.23. The van der Waals surface area contributed by atoms with E-state index in [1.54, 1.807) is 0 Å². The Labute approximate surface area is 81.1 Å². The minimum absolute atomic E-state index is 0.0263. The fourth-order valence-corrected chi connectivity index (χ4v) is 1.48. The predicted molar refractivity (Wildman–Crippen MR) is 46.7 cm³/mol. The van der Waals surface area contributed by atoms with Crippen LogP contribution >= 0.6 is 15.9 Å². The number of aromatic nitrogens is 1. The number of carbonyl (C=O) groups excluding carboxylic acids is 1. The van der Waals surface area contributed by atoms with Crippen molar-refractivity contribution < 1.29 is 13.6 Å². The standard InChI is InChI=1S/C7H5BrF2N2O/c8-3-1-5(11)12-4(2-13)6(3)7(9)10/h1-2,7H,(H2,11,12).